The fourth-order valence-corrected chi connectivity index (χ4v) is 6.53. The molecule has 3 fully saturated rings. The van der Waals surface area contributed by atoms with Gasteiger partial charge in [0.05, 0.1) is 40.4 Å². The standard InChI is InChI=1S/C30H32FN3O5/c1-29-18-33(13-7-6-10-24(35)38-17-20-8-4-3-5-9-20)19-30(2,39-29)26-25(29)27(36)34(28(26)37)23-12-11-21(16-32)22(14-23)15-31/h3-5,8-9,11-12,14,25-26H,6-7,10,13,15,17-19H2,1-2H3/t25?,26?,29-,30+. The number of nitriles is 1. The molecular weight excluding hydrogens is 501 g/mol. The van der Waals surface area contributed by atoms with Gasteiger partial charge in [0, 0.05) is 25.1 Å². The van der Waals surface area contributed by atoms with Crippen LogP contribution < -0.4 is 4.90 Å². The first-order chi connectivity index (χ1) is 18.7. The summed E-state index contributed by atoms with van der Waals surface area (Å²) in [7, 11) is 0. The molecule has 2 aromatic rings. The molecule has 39 heavy (non-hydrogen) atoms. The molecule has 3 aliphatic rings. The Balaban J connectivity index is 1.20. The first-order valence-corrected chi connectivity index (χ1v) is 13.3. The molecule has 4 atom stereocenters. The van der Waals surface area contributed by atoms with Gasteiger partial charge < -0.3 is 9.47 Å². The van der Waals surface area contributed by atoms with Crippen LogP contribution in [0.2, 0.25) is 0 Å². The number of halogens is 1. The highest BCUT2D eigenvalue weighted by molar-refractivity contribution is 6.23. The van der Waals surface area contributed by atoms with Gasteiger partial charge in [-0.25, -0.2) is 9.29 Å². The highest BCUT2D eigenvalue weighted by atomic mass is 19.1. The topological polar surface area (TPSA) is 99.9 Å². The first-order valence-electron chi connectivity index (χ1n) is 13.3. The lowest BCUT2D eigenvalue weighted by Crippen LogP contribution is -2.58. The number of amides is 2. The number of esters is 1. The molecule has 0 saturated carbocycles. The first kappa shape index (κ1) is 27.0. The fourth-order valence-electron chi connectivity index (χ4n) is 6.53. The number of nitrogens with zero attached hydrogens (tertiary/aromatic N) is 3. The second kappa shape index (κ2) is 10.5. The maximum atomic E-state index is 13.6. The molecule has 2 unspecified atom stereocenters. The average molecular weight is 534 g/mol. The number of unbranched alkanes of at least 4 members (excludes halogenated alkanes) is 1. The maximum absolute atomic E-state index is 13.6. The molecule has 204 valence electrons. The van der Waals surface area contributed by atoms with Crippen molar-refractivity contribution < 1.29 is 28.2 Å². The average Bonchev–Trinajstić information content (AvgIpc) is 3.30. The summed E-state index contributed by atoms with van der Waals surface area (Å²) >= 11 is 0. The van der Waals surface area contributed by atoms with E-state index in [1.165, 1.54) is 18.2 Å². The smallest absolute Gasteiger partial charge is 0.306 e. The molecule has 0 aliphatic carbocycles. The van der Waals surface area contributed by atoms with Gasteiger partial charge >= 0.3 is 5.97 Å². The lowest BCUT2D eigenvalue weighted by molar-refractivity contribution is -0.169. The lowest BCUT2D eigenvalue weighted by Gasteiger charge is -2.45. The predicted octanol–water partition coefficient (Wildman–Crippen LogP) is 3.91. The van der Waals surface area contributed by atoms with E-state index in [0.717, 1.165) is 16.9 Å². The third-order valence-corrected chi connectivity index (χ3v) is 8.12. The molecule has 5 rings (SSSR count). The third kappa shape index (κ3) is 4.95. The van der Waals surface area contributed by atoms with Gasteiger partial charge in [0.15, 0.2) is 0 Å². The monoisotopic (exact) mass is 533 g/mol. The van der Waals surface area contributed by atoms with Gasteiger partial charge in [0.1, 0.15) is 13.3 Å². The van der Waals surface area contributed by atoms with Crippen LogP contribution in [0.5, 0.6) is 0 Å². The van der Waals surface area contributed by atoms with Crippen LogP contribution in [0, 0.1) is 23.2 Å². The van der Waals surface area contributed by atoms with Crippen molar-refractivity contribution >= 4 is 23.5 Å². The third-order valence-electron chi connectivity index (χ3n) is 8.12. The number of alkyl halides is 1. The normalized spacial score (nSPS) is 27.9. The molecule has 2 amide bonds. The largest absolute Gasteiger partial charge is 0.461 e. The zero-order chi connectivity index (χ0) is 27.8. The summed E-state index contributed by atoms with van der Waals surface area (Å²) in [6.45, 7) is 4.84. The Morgan fingerprint density at radius 2 is 1.74 bits per heavy atom. The summed E-state index contributed by atoms with van der Waals surface area (Å²) in [5.41, 5.74) is -0.151. The van der Waals surface area contributed by atoms with Crippen molar-refractivity contribution in [1.82, 2.24) is 4.90 Å². The molecule has 0 radical (unpaired) electrons. The van der Waals surface area contributed by atoms with Gasteiger partial charge in [-0.15, -0.1) is 0 Å². The predicted molar refractivity (Wildman–Crippen MR) is 140 cm³/mol. The van der Waals surface area contributed by atoms with Crippen LogP contribution in [0.4, 0.5) is 10.1 Å². The van der Waals surface area contributed by atoms with E-state index >= 15 is 0 Å². The van der Waals surface area contributed by atoms with Crippen LogP contribution in [0.3, 0.4) is 0 Å². The minimum atomic E-state index is -0.863. The van der Waals surface area contributed by atoms with Gasteiger partial charge in [-0.2, -0.15) is 5.26 Å². The molecule has 2 bridgehead atoms. The second-order valence-electron chi connectivity index (χ2n) is 11.1. The van der Waals surface area contributed by atoms with E-state index in [2.05, 4.69) is 4.90 Å². The molecule has 0 aromatic heterocycles. The SMILES string of the molecule is C[C@]12CN(CCCCC(=O)OCc3ccccc3)C[C@](C)(O1)C1C(=O)N(c3ccc(C#N)c(CF)c3)C(=O)C12. The van der Waals surface area contributed by atoms with Crippen molar-refractivity contribution in [2.75, 3.05) is 24.5 Å². The van der Waals surface area contributed by atoms with Crippen LogP contribution in [-0.4, -0.2) is 53.5 Å². The van der Waals surface area contributed by atoms with Gasteiger partial charge in [0.2, 0.25) is 11.8 Å². The maximum Gasteiger partial charge on any atom is 0.306 e. The number of morpholine rings is 1. The highest BCUT2D eigenvalue weighted by Crippen LogP contribution is 2.55. The number of rotatable bonds is 9. The van der Waals surface area contributed by atoms with Crippen LogP contribution in [-0.2, 0) is 37.1 Å². The molecule has 2 aromatic carbocycles. The van der Waals surface area contributed by atoms with Crippen molar-refractivity contribution in [1.29, 1.82) is 5.26 Å². The minimum Gasteiger partial charge on any atom is -0.461 e. The van der Waals surface area contributed by atoms with Crippen LogP contribution in [0.25, 0.3) is 0 Å². The number of ether oxygens (including phenoxy) is 2. The van der Waals surface area contributed by atoms with Gasteiger partial charge in [0.25, 0.3) is 0 Å². The Morgan fingerprint density at radius 3 is 2.36 bits per heavy atom. The zero-order valence-corrected chi connectivity index (χ0v) is 22.2. The van der Waals surface area contributed by atoms with Gasteiger partial charge in [-0.1, -0.05) is 30.3 Å². The summed E-state index contributed by atoms with van der Waals surface area (Å²) in [6.07, 6.45) is 1.77. The molecule has 0 spiro atoms. The van der Waals surface area contributed by atoms with Crippen molar-refractivity contribution in [3.63, 3.8) is 0 Å². The Kier molecular flexibility index (Phi) is 7.27. The van der Waals surface area contributed by atoms with E-state index in [9.17, 15) is 24.0 Å². The number of carbonyl (C=O) groups excluding carboxylic acids is 3. The summed E-state index contributed by atoms with van der Waals surface area (Å²) in [5, 5.41) is 9.21. The molecule has 0 N–H and O–H groups in total. The van der Waals surface area contributed by atoms with Crippen LogP contribution in [0.15, 0.2) is 48.5 Å². The number of benzene rings is 2. The van der Waals surface area contributed by atoms with Crippen molar-refractivity contribution in [2.45, 2.75) is 57.6 Å². The summed E-state index contributed by atoms with van der Waals surface area (Å²) in [5.74, 6) is -2.25. The number of hydrogen-bond donors (Lipinski definition) is 0. The number of likely N-dealkylation sites (tertiary alicyclic amines) is 1. The molecule has 3 saturated heterocycles. The summed E-state index contributed by atoms with van der Waals surface area (Å²) in [4.78, 5) is 42.8. The number of carbonyl (C=O) groups is 3. The zero-order valence-electron chi connectivity index (χ0n) is 22.2. The molecular formula is C30H32FN3O5. The van der Waals surface area contributed by atoms with Crippen LogP contribution >= 0.6 is 0 Å². The Labute approximate surface area is 227 Å². The number of fused-ring (bicyclic) bond motifs is 5. The number of anilines is 1. The molecule has 3 heterocycles. The second-order valence-corrected chi connectivity index (χ2v) is 11.1. The minimum absolute atomic E-state index is 0.150. The Bertz CT molecular complexity index is 1290. The van der Waals surface area contributed by atoms with E-state index < -0.39 is 29.7 Å². The Morgan fingerprint density at radius 1 is 1.08 bits per heavy atom. The lowest BCUT2D eigenvalue weighted by atomic mass is 9.79. The summed E-state index contributed by atoms with van der Waals surface area (Å²) < 4.78 is 25.3. The number of hydrogen-bond acceptors (Lipinski definition) is 7. The van der Waals surface area contributed by atoms with Gasteiger partial charge in [-0.05, 0) is 57.0 Å². The summed E-state index contributed by atoms with van der Waals surface area (Å²) in [6, 6.07) is 15.9. The number of imide groups is 1. The van der Waals surface area contributed by atoms with E-state index in [1.807, 2.05) is 50.2 Å². The van der Waals surface area contributed by atoms with E-state index in [0.29, 0.717) is 32.5 Å². The fraction of sp³-hybridized carbons (Fsp3) is 0.467. The van der Waals surface area contributed by atoms with E-state index in [-0.39, 0.29) is 41.2 Å². The Hall–Kier alpha value is -3.61. The van der Waals surface area contributed by atoms with Crippen molar-refractivity contribution in [3.8, 4) is 6.07 Å². The van der Waals surface area contributed by atoms with Crippen molar-refractivity contribution in [2.24, 2.45) is 11.8 Å². The molecule has 9 heteroatoms. The van der Waals surface area contributed by atoms with Crippen LogP contribution in [0.1, 0.15) is 49.8 Å². The quantitative estimate of drug-likeness (QED) is 0.274. The van der Waals surface area contributed by atoms with Gasteiger partial charge in [-0.3, -0.25) is 19.3 Å². The highest BCUT2D eigenvalue weighted by Gasteiger charge is 2.71. The molecule has 3 aliphatic heterocycles. The van der Waals surface area contributed by atoms with E-state index in [1.54, 1.807) is 0 Å². The molecule has 8 nitrogen and oxygen atoms in total. The van der Waals surface area contributed by atoms with E-state index in [4.69, 9.17) is 9.47 Å². The van der Waals surface area contributed by atoms with Crippen molar-refractivity contribution in [3.05, 3.63) is 65.2 Å².